The van der Waals surface area contributed by atoms with Gasteiger partial charge in [-0.15, -0.1) is 0 Å². The molecule has 2 heterocycles. The Morgan fingerprint density at radius 1 is 1.15 bits per heavy atom. The second-order valence-corrected chi connectivity index (χ2v) is 5.38. The minimum Gasteiger partial charge on any atom is -0.398 e. The van der Waals surface area contributed by atoms with Gasteiger partial charge in [-0.05, 0) is 51.8 Å². The summed E-state index contributed by atoms with van der Waals surface area (Å²) in [5.41, 5.74) is 9.75. The highest BCUT2D eigenvalue weighted by atomic mass is 79.9. The van der Waals surface area contributed by atoms with Crippen LogP contribution in [0.25, 0.3) is 10.9 Å². The van der Waals surface area contributed by atoms with E-state index in [-0.39, 0.29) is 0 Å². The number of pyridine rings is 2. The van der Waals surface area contributed by atoms with Crippen LogP contribution in [0.3, 0.4) is 0 Å². The average molecular weight is 329 g/mol. The van der Waals surface area contributed by atoms with E-state index in [1.165, 1.54) is 5.56 Å². The molecule has 5 heteroatoms. The highest BCUT2D eigenvalue weighted by Crippen LogP contribution is 2.29. The highest BCUT2D eigenvalue weighted by molar-refractivity contribution is 9.10. The lowest BCUT2D eigenvalue weighted by atomic mass is 10.1. The van der Waals surface area contributed by atoms with Crippen LogP contribution in [0.2, 0.25) is 0 Å². The number of fused-ring (bicyclic) bond motifs is 1. The lowest BCUT2D eigenvalue weighted by Gasteiger charge is -2.11. The maximum absolute atomic E-state index is 6.00. The number of nitrogens with two attached hydrogens (primary N) is 1. The number of halogens is 1. The Morgan fingerprint density at radius 3 is 2.75 bits per heavy atom. The van der Waals surface area contributed by atoms with Gasteiger partial charge in [-0.1, -0.05) is 0 Å². The fraction of sp³-hybridized carbons (Fsp3) is 0.0667. The van der Waals surface area contributed by atoms with E-state index in [0.717, 1.165) is 33.3 Å². The summed E-state index contributed by atoms with van der Waals surface area (Å²) < 4.78 is 0.919. The van der Waals surface area contributed by atoms with Gasteiger partial charge in [0, 0.05) is 40.7 Å². The average Bonchev–Trinajstić information content (AvgIpc) is 2.48. The van der Waals surface area contributed by atoms with Crippen LogP contribution in [0.5, 0.6) is 0 Å². The highest BCUT2D eigenvalue weighted by Gasteiger charge is 2.06. The Bertz CT molecular complexity index is 743. The van der Waals surface area contributed by atoms with Gasteiger partial charge >= 0.3 is 0 Å². The third-order valence-electron chi connectivity index (χ3n) is 3.08. The largest absolute Gasteiger partial charge is 0.398 e. The molecule has 0 amide bonds. The first kappa shape index (κ1) is 12.9. The van der Waals surface area contributed by atoms with Crippen LogP contribution in [0, 0.1) is 0 Å². The first-order valence-corrected chi connectivity index (χ1v) is 7.00. The predicted octanol–water partition coefficient (Wildman–Crippen LogP) is 3.59. The fourth-order valence-corrected chi connectivity index (χ4v) is 2.39. The first-order valence-electron chi connectivity index (χ1n) is 6.20. The molecule has 0 aliphatic carbocycles. The minimum absolute atomic E-state index is 0.722. The van der Waals surface area contributed by atoms with E-state index in [1.54, 1.807) is 18.6 Å². The Labute approximate surface area is 125 Å². The van der Waals surface area contributed by atoms with Gasteiger partial charge in [0.2, 0.25) is 0 Å². The number of benzene rings is 1. The number of nitrogens with zero attached hydrogens (tertiary/aromatic N) is 2. The molecular weight excluding hydrogens is 316 g/mol. The molecule has 0 unspecified atom stereocenters. The maximum atomic E-state index is 6.00. The molecule has 0 saturated carbocycles. The third kappa shape index (κ3) is 2.58. The minimum atomic E-state index is 0.722. The zero-order valence-corrected chi connectivity index (χ0v) is 12.3. The van der Waals surface area contributed by atoms with Crippen LogP contribution >= 0.6 is 15.9 Å². The molecule has 0 spiro atoms. The van der Waals surface area contributed by atoms with Gasteiger partial charge in [0.15, 0.2) is 0 Å². The van der Waals surface area contributed by atoms with Crippen LogP contribution in [0.1, 0.15) is 5.56 Å². The molecule has 4 nitrogen and oxygen atoms in total. The second kappa shape index (κ2) is 5.46. The number of anilines is 2. The summed E-state index contributed by atoms with van der Waals surface area (Å²) >= 11 is 3.42. The molecule has 3 rings (SSSR count). The van der Waals surface area contributed by atoms with Gasteiger partial charge in [0.1, 0.15) is 0 Å². The molecule has 0 atom stereocenters. The van der Waals surface area contributed by atoms with Crippen molar-refractivity contribution in [2.24, 2.45) is 0 Å². The van der Waals surface area contributed by atoms with E-state index in [2.05, 4.69) is 31.2 Å². The maximum Gasteiger partial charge on any atom is 0.0954 e. The number of hydrogen-bond acceptors (Lipinski definition) is 4. The van der Waals surface area contributed by atoms with Crippen molar-refractivity contribution in [2.75, 3.05) is 11.1 Å². The number of aromatic nitrogens is 2. The van der Waals surface area contributed by atoms with Crippen molar-refractivity contribution in [3.8, 4) is 0 Å². The Hall–Kier alpha value is -2.14. The first-order chi connectivity index (χ1) is 9.74. The molecule has 2 aromatic heterocycles. The van der Waals surface area contributed by atoms with Gasteiger partial charge in [-0.25, -0.2) is 0 Å². The Balaban J connectivity index is 1.94. The standard InChI is InChI=1S/C15H13BrN4/c16-11-7-12-13(17)1-2-14(15(12)20-9-11)19-8-10-3-5-18-6-4-10/h1-7,9,19H,8,17H2. The van der Waals surface area contributed by atoms with Crippen molar-refractivity contribution >= 4 is 38.2 Å². The molecule has 20 heavy (non-hydrogen) atoms. The van der Waals surface area contributed by atoms with Crippen molar-refractivity contribution in [3.05, 3.63) is 59.0 Å². The molecule has 0 bridgehead atoms. The quantitative estimate of drug-likeness (QED) is 0.721. The molecule has 0 saturated heterocycles. The van der Waals surface area contributed by atoms with Gasteiger partial charge in [-0.2, -0.15) is 0 Å². The second-order valence-electron chi connectivity index (χ2n) is 4.46. The van der Waals surface area contributed by atoms with Gasteiger partial charge < -0.3 is 11.1 Å². The molecule has 3 aromatic rings. The van der Waals surface area contributed by atoms with Gasteiger partial charge in [0.25, 0.3) is 0 Å². The molecule has 0 aliphatic rings. The monoisotopic (exact) mass is 328 g/mol. The number of rotatable bonds is 3. The van der Waals surface area contributed by atoms with Crippen LogP contribution < -0.4 is 11.1 Å². The van der Waals surface area contributed by atoms with Gasteiger partial charge in [0.05, 0.1) is 11.2 Å². The Morgan fingerprint density at radius 2 is 1.95 bits per heavy atom. The van der Waals surface area contributed by atoms with Crippen LogP contribution in [-0.4, -0.2) is 9.97 Å². The van der Waals surface area contributed by atoms with Crippen molar-refractivity contribution in [1.29, 1.82) is 0 Å². The van der Waals surface area contributed by atoms with Crippen LogP contribution in [-0.2, 0) is 6.54 Å². The number of hydrogen-bond donors (Lipinski definition) is 2. The summed E-state index contributed by atoms with van der Waals surface area (Å²) in [6.07, 6.45) is 5.35. The third-order valence-corrected chi connectivity index (χ3v) is 3.52. The molecule has 0 radical (unpaired) electrons. The van der Waals surface area contributed by atoms with E-state index >= 15 is 0 Å². The summed E-state index contributed by atoms with van der Waals surface area (Å²) in [5.74, 6) is 0. The van der Waals surface area contributed by atoms with Crippen molar-refractivity contribution in [2.45, 2.75) is 6.54 Å². The summed E-state index contributed by atoms with van der Waals surface area (Å²) in [5, 5.41) is 4.33. The van der Waals surface area contributed by atoms with Crippen molar-refractivity contribution in [3.63, 3.8) is 0 Å². The normalized spacial score (nSPS) is 10.7. The smallest absolute Gasteiger partial charge is 0.0954 e. The van der Waals surface area contributed by atoms with E-state index in [4.69, 9.17) is 5.73 Å². The van der Waals surface area contributed by atoms with E-state index in [1.807, 2.05) is 30.3 Å². The molecular formula is C15H13BrN4. The van der Waals surface area contributed by atoms with Crippen molar-refractivity contribution < 1.29 is 0 Å². The lowest BCUT2D eigenvalue weighted by Crippen LogP contribution is -2.01. The summed E-state index contributed by atoms with van der Waals surface area (Å²) in [4.78, 5) is 8.46. The predicted molar refractivity (Wildman–Crippen MR) is 85.4 cm³/mol. The summed E-state index contributed by atoms with van der Waals surface area (Å²) in [6.45, 7) is 0.722. The fourth-order valence-electron chi connectivity index (χ4n) is 2.06. The molecule has 0 aliphatic heterocycles. The number of nitrogen functional groups attached to an aromatic ring is 1. The van der Waals surface area contributed by atoms with Crippen LogP contribution in [0.4, 0.5) is 11.4 Å². The number of nitrogens with one attached hydrogen (secondary N) is 1. The van der Waals surface area contributed by atoms with Crippen LogP contribution in [0.15, 0.2) is 53.4 Å². The van der Waals surface area contributed by atoms with Crippen molar-refractivity contribution in [1.82, 2.24) is 9.97 Å². The summed E-state index contributed by atoms with van der Waals surface area (Å²) in [6, 6.07) is 9.80. The van der Waals surface area contributed by atoms with E-state index in [0.29, 0.717) is 0 Å². The van der Waals surface area contributed by atoms with E-state index in [9.17, 15) is 0 Å². The summed E-state index contributed by atoms with van der Waals surface area (Å²) in [7, 11) is 0. The molecule has 3 N–H and O–H groups in total. The molecule has 100 valence electrons. The SMILES string of the molecule is Nc1ccc(NCc2ccncc2)c2ncc(Br)cc12. The molecule has 1 aromatic carbocycles. The topological polar surface area (TPSA) is 63.8 Å². The van der Waals surface area contributed by atoms with Gasteiger partial charge in [-0.3, -0.25) is 9.97 Å². The zero-order valence-electron chi connectivity index (χ0n) is 10.7. The lowest BCUT2D eigenvalue weighted by molar-refractivity contribution is 1.13. The zero-order chi connectivity index (χ0) is 13.9. The Kier molecular flexibility index (Phi) is 3.52. The molecule has 0 fully saturated rings. The van der Waals surface area contributed by atoms with E-state index < -0.39 is 0 Å².